The summed E-state index contributed by atoms with van der Waals surface area (Å²) in [5, 5.41) is 0. The van der Waals surface area contributed by atoms with Crippen molar-refractivity contribution in [1.29, 1.82) is 0 Å². The van der Waals surface area contributed by atoms with Crippen LogP contribution in [0, 0.1) is 0 Å². The highest BCUT2D eigenvalue weighted by molar-refractivity contribution is 6.14. The highest BCUT2D eigenvalue weighted by Gasteiger charge is 2.16. The van der Waals surface area contributed by atoms with Crippen molar-refractivity contribution in [1.82, 2.24) is 0 Å². The number of nitrogens with zero attached hydrogens (tertiary/aromatic N) is 3. The number of rotatable bonds is 9. The second-order valence-corrected chi connectivity index (χ2v) is 10.9. The summed E-state index contributed by atoms with van der Waals surface area (Å²) in [6.07, 6.45) is 0. The molecule has 0 fully saturated rings. The van der Waals surface area contributed by atoms with Gasteiger partial charge in [-0.15, -0.1) is 0 Å². The fourth-order valence-corrected chi connectivity index (χ4v) is 5.67. The SMILES string of the molecule is c1ccc(N=C(c2ccc(N(c3ccccc3)c3ccccc3)cc2)c2ccc(N(c3ccccc3)c3ccccc3)cc2)cc1. The molecule has 3 nitrogen and oxygen atoms in total. The minimum atomic E-state index is 0.913. The Morgan fingerprint density at radius 1 is 0.283 bits per heavy atom. The van der Waals surface area contributed by atoms with Crippen LogP contribution in [0.25, 0.3) is 0 Å². The molecule has 0 radical (unpaired) electrons. The van der Waals surface area contributed by atoms with Gasteiger partial charge in [0.1, 0.15) is 0 Å². The highest BCUT2D eigenvalue weighted by atomic mass is 15.1. The molecule has 3 heteroatoms. The Hall–Kier alpha value is -6.19. The maximum Gasteiger partial charge on any atom is 0.0781 e. The average molecular weight is 592 g/mol. The molecule has 0 atom stereocenters. The van der Waals surface area contributed by atoms with Crippen LogP contribution in [0.1, 0.15) is 11.1 Å². The van der Waals surface area contributed by atoms with E-state index in [0.717, 1.165) is 56.7 Å². The summed E-state index contributed by atoms with van der Waals surface area (Å²) in [7, 11) is 0. The van der Waals surface area contributed by atoms with Crippen molar-refractivity contribution in [3.8, 4) is 0 Å². The molecule has 0 amide bonds. The molecule has 220 valence electrons. The van der Waals surface area contributed by atoms with Gasteiger partial charge in [0.25, 0.3) is 0 Å². The third kappa shape index (κ3) is 6.35. The van der Waals surface area contributed by atoms with Gasteiger partial charge in [0.2, 0.25) is 0 Å². The molecule has 7 aromatic carbocycles. The van der Waals surface area contributed by atoms with Gasteiger partial charge in [-0.3, -0.25) is 0 Å². The molecule has 0 bridgehead atoms. The zero-order chi connectivity index (χ0) is 31.0. The molecule has 0 saturated heterocycles. The molecule has 0 unspecified atom stereocenters. The van der Waals surface area contributed by atoms with Gasteiger partial charge in [0, 0.05) is 45.3 Å². The van der Waals surface area contributed by atoms with E-state index in [4.69, 9.17) is 4.99 Å². The summed E-state index contributed by atoms with van der Waals surface area (Å²) >= 11 is 0. The third-order valence-electron chi connectivity index (χ3n) is 7.85. The Morgan fingerprint density at radius 2 is 0.543 bits per heavy atom. The zero-order valence-corrected chi connectivity index (χ0v) is 25.4. The maximum atomic E-state index is 5.17. The summed E-state index contributed by atoms with van der Waals surface area (Å²) in [5.74, 6) is 0. The lowest BCUT2D eigenvalue weighted by Crippen LogP contribution is -2.11. The van der Waals surface area contributed by atoms with Crippen LogP contribution >= 0.6 is 0 Å². The van der Waals surface area contributed by atoms with Crippen LogP contribution in [-0.4, -0.2) is 5.71 Å². The molecule has 7 aromatic rings. The molecule has 0 saturated carbocycles. The number of benzene rings is 7. The average Bonchev–Trinajstić information content (AvgIpc) is 3.14. The molecule has 0 N–H and O–H groups in total. The molecule has 46 heavy (non-hydrogen) atoms. The van der Waals surface area contributed by atoms with Crippen molar-refractivity contribution in [2.24, 2.45) is 4.99 Å². The standard InChI is InChI=1S/C43H33N3/c1-6-16-36(17-7-1)44-43(34-26-30-41(31-27-34)45(37-18-8-2-9-19-37)38-20-10-3-11-21-38)35-28-32-42(33-29-35)46(39-22-12-4-13-23-39)40-24-14-5-15-25-40/h1-33H. The van der Waals surface area contributed by atoms with Crippen LogP contribution in [0.4, 0.5) is 39.8 Å². The fraction of sp³-hybridized carbons (Fsp3) is 0. The minimum Gasteiger partial charge on any atom is -0.311 e. The smallest absolute Gasteiger partial charge is 0.0781 e. The number of anilines is 6. The summed E-state index contributed by atoms with van der Waals surface area (Å²) in [5.41, 5.74) is 10.5. The van der Waals surface area contributed by atoms with Gasteiger partial charge in [-0.1, -0.05) is 115 Å². The molecular formula is C43H33N3. The van der Waals surface area contributed by atoms with Crippen molar-refractivity contribution >= 4 is 45.5 Å². The van der Waals surface area contributed by atoms with E-state index in [9.17, 15) is 0 Å². The van der Waals surface area contributed by atoms with Crippen molar-refractivity contribution in [3.05, 3.63) is 211 Å². The highest BCUT2D eigenvalue weighted by Crippen LogP contribution is 2.36. The summed E-state index contributed by atoms with van der Waals surface area (Å²) in [6.45, 7) is 0. The fourth-order valence-electron chi connectivity index (χ4n) is 5.67. The molecule has 7 rings (SSSR count). The van der Waals surface area contributed by atoms with Crippen molar-refractivity contribution < 1.29 is 0 Å². The maximum absolute atomic E-state index is 5.17. The summed E-state index contributed by atoms with van der Waals surface area (Å²) in [6, 6.07) is 69.4. The van der Waals surface area contributed by atoms with Crippen LogP contribution in [0.15, 0.2) is 205 Å². The Kier molecular flexibility index (Phi) is 8.46. The first kappa shape index (κ1) is 28.6. The number of hydrogen-bond donors (Lipinski definition) is 0. The van der Waals surface area contributed by atoms with E-state index < -0.39 is 0 Å². The zero-order valence-electron chi connectivity index (χ0n) is 25.4. The van der Waals surface area contributed by atoms with Gasteiger partial charge in [-0.05, 0) is 84.9 Å². The van der Waals surface area contributed by atoms with Gasteiger partial charge < -0.3 is 9.80 Å². The first-order valence-corrected chi connectivity index (χ1v) is 15.5. The lowest BCUT2D eigenvalue weighted by molar-refractivity contribution is 1.28. The largest absolute Gasteiger partial charge is 0.311 e. The van der Waals surface area contributed by atoms with E-state index in [1.54, 1.807) is 0 Å². The quantitative estimate of drug-likeness (QED) is 0.156. The molecule has 0 aliphatic rings. The first-order chi connectivity index (χ1) is 22.8. The van der Waals surface area contributed by atoms with Crippen molar-refractivity contribution in [3.63, 3.8) is 0 Å². The van der Waals surface area contributed by atoms with Gasteiger partial charge in [0.05, 0.1) is 11.4 Å². The Bertz CT molecular complexity index is 1780. The van der Waals surface area contributed by atoms with E-state index in [1.807, 2.05) is 54.6 Å². The molecular weight excluding hydrogens is 558 g/mol. The predicted octanol–water partition coefficient (Wildman–Crippen LogP) is 11.8. The molecule has 0 aliphatic carbocycles. The second kappa shape index (κ2) is 13.6. The minimum absolute atomic E-state index is 0.913. The van der Waals surface area contributed by atoms with Gasteiger partial charge in [-0.2, -0.15) is 0 Å². The van der Waals surface area contributed by atoms with Crippen molar-refractivity contribution in [2.75, 3.05) is 9.80 Å². The third-order valence-corrected chi connectivity index (χ3v) is 7.85. The summed E-state index contributed by atoms with van der Waals surface area (Å²) in [4.78, 5) is 9.71. The molecule has 0 aromatic heterocycles. The summed E-state index contributed by atoms with van der Waals surface area (Å²) < 4.78 is 0. The van der Waals surface area contributed by atoms with Gasteiger partial charge in [-0.25, -0.2) is 4.99 Å². The molecule has 0 aliphatic heterocycles. The molecule has 0 spiro atoms. The van der Waals surface area contributed by atoms with E-state index in [2.05, 4.69) is 155 Å². The van der Waals surface area contributed by atoms with Crippen LogP contribution < -0.4 is 9.80 Å². The van der Waals surface area contributed by atoms with Gasteiger partial charge >= 0.3 is 0 Å². The van der Waals surface area contributed by atoms with E-state index >= 15 is 0 Å². The second-order valence-electron chi connectivity index (χ2n) is 10.9. The Balaban J connectivity index is 1.27. The Morgan fingerprint density at radius 3 is 0.848 bits per heavy atom. The van der Waals surface area contributed by atoms with E-state index in [0.29, 0.717) is 0 Å². The first-order valence-electron chi connectivity index (χ1n) is 15.5. The predicted molar refractivity (Wildman–Crippen MR) is 194 cm³/mol. The topological polar surface area (TPSA) is 18.8 Å². The number of hydrogen-bond acceptors (Lipinski definition) is 3. The van der Waals surface area contributed by atoms with Crippen LogP contribution in [0.5, 0.6) is 0 Å². The van der Waals surface area contributed by atoms with E-state index in [1.165, 1.54) is 0 Å². The number of para-hydroxylation sites is 5. The number of aliphatic imine (C=N–C) groups is 1. The lowest BCUT2D eigenvalue weighted by Gasteiger charge is -2.26. The van der Waals surface area contributed by atoms with Crippen LogP contribution in [-0.2, 0) is 0 Å². The monoisotopic (exact) mass is 591 g/mol. The van der Waals surface area contributed by atoms with Gasteiger partial charge in [0.15, 0.2) is 0 Å². The normalized spacial score (nSPS) is 10.6. The van der Waals surface area contributed by atoms with Crippen molar-refractivity contribution in [2.45, 2.75) is 0 Å². The van der Waals surface area contributed by atoms with E-state index in [-0.39, 0.29) is 0 Å². The van der Waals surface area contributed by atoms with Crippen LogP contribution in [0.2, 0.25) is 0 Å². The van der Waals surface area contributed by atoms with Crippen LogP contribution in [0.3, 0.4) is 0 Å². The lowest BCUT2D eigenvalue weighted by atomic mass is 10.0. The molecule has 0 heterocycles. The Labute approximate surface area is 271 Å².